The van der Waals surface area contributed by atoms with E-state index < -0.39 is 0 Å². The van der Waals surface area contributed by atoms with Gasteiger partial charge in [-0.2, -0.15) is 4.98 Å². The number of aromatic nitrogens is 3. The lowest BCUT2D eigenvalue weighted by atomic mass is 10.2. The third-order valence-corrected chi connectivity index (χ3v) is 3.08. The van der Waals surface area contributed by atoms with Crippen LogP contribution in [0, 0.1) is 0 Å². The maximum atomic E-state index is 4.55. The lowest BCUT2D eigenvalue weighted by molar-refractivity contribution is 1.09. The summed E-state index contributed by atoms with van der Waals surface area (Å²) in [5.74, 6) is 1.36. The van der Waals surface area contributed by atoms with E-state index in [0.29, 0.717) is 5.95 Å². The minimum absolute atomic E-state index is 0.607. The molecular weight excluding hydrogens is 274 g/mol. The Hall–Kier alpha value is -2.95. The molecule has 2 aromatic heterocycles. The van der Waals surface area contributed by atoms with E-state index in [2.05, 4.69) is 25.6 Å². The molecule has 0 fully saturated rings. The molecule has 1 aromatic carbocycles. The van der Waals surface area contributed by atoms with Gasteiger partial charge < -0.3 is 10.6 Å². The first-order valence-corrected chi connectivity index (χ1v) is 7.20. The Kier molecular flexibility index (Phi) is 4.25. The molecule has 0 aliphatic carbocycles. The van der Waals surface area contributed by atoms with Crippen LogP contribution in [0.2, 0.25) is 0 Å². The first-order chi connectivity index (χ1) is 10.8. The molecule has 0 saturated heterocycles. The number of rotatable bonds is 5. The second-order valence-corrected chi connectivity index (χ2v) is 4.72. The molecule has 5 nitrogen and oxygen atoms in total. The highest BCUT2D eigenvalue weighted by Crippen LogP contribution is 2.23. The van der Waals surface area contributed by atoms with Crippen molar-refractivity contribution in [3.05, 3.63) is 60.9 Å². The van der Waals surface area contributed by atoms with Crippen LogP contribution in [0.3, 0.4) is 0 Å². The van der Waals surface area contributed by atoms with Crippen molar-refractivity contribution in [1.29, 1.82) is 0 Å². The van der Waals surface area contributed by atoms with Gasteiger partial charge in [0.05, 0.1) is 5.69 Å². The average Bonchev–Trinajstić information content (AvgIpc) is 2.57. The zero-order valence-corrected chi connectivity index (χ0v) is 12.3. The Morgan fingerprint density at radius 3 is 2.45 bits per heavy atom. The molecule has 5 heteroatoms. The van der Waals surface area contributed by atoms with Crippen LogP contribution in [0.15, 0.2) is 60.9 Å². The standard InChI is InChI=1S/C17H17N5/c1-2-19-17-21-15(13-8-10-18-11-9-13)12-16(22-17)20-14-6-4-3-5-7-14/h3-12H,2H2,1H3,(H2,19,20,21,22). The molecule has 0 bridgehead atoms. The molecule has 0 aliphatic heterocycles. The molecule has 110 valence electrons. The van der Waals surface area contributed by atoms with E-state index in [0.717, 1.165) is 29.3 Å². The van der Waals surface area contributed by atoms with Crippen LogP contribution in [0.4, 0.5) is 17.5 Å². The van der Waals surface area contributed by atoms with Gasteiger partial charge in [0.25, 0.3) is 0 Å². The number of benzene rings is 1. The minimum atomic E-state index is 0.607. The number of para-hydroxylation sites is 1. The molecule has 0 atom stereocenters. The van der Waals surface area contributed by atoms with Crippen molar-refractivity contribution in [2.75, 3.05) is 17.2 Å². The van der Waals surface area contributed by atoms with Crippen molar-refractivity contribution in [1.82, 2.24) is 15.0 Å². The van der Waals surface area contributed by atoms with Crippen molar-refractivity contribution < 1.29 is 0 Å². The second kappa shape index (κ2) is 6.67. The number of pyridine rings is 1. The monoisotopic (exact) mass is 291 g/mol. The summed E-state index contributed by atoms with van der Waals surface area (Å²) >= 11 is 0. The lowest BCUT2D eigenvalue weighted by Gasteiger charge is -2.10. The molecule has 0 aliphatic rings. The molecule has 2 heterocycles. The van der Waals surface area contributed by atoms with Gasteiger partial charge in [-0.15, -0.1) is 0 Å². The quantitative estimate of drug-likeness (QED) is 0.750. The van der Waals surface area contributed by atoms with Crippen LogP contribution < -0.4 is 10.6 Å². The number of nitrogens with zero attached hydrogens (tertiary/aromatic N) is 3. The fourth-order valence-corrected chi connectivity index (χ4v) is 2.09. The molecule has 22 heavy (non-hydrogen) atoms. The van der Waals surface area contributed by atoms with Gasteiger partial charge in [0.1, 0.15) is 5.82 Å². The molecule has 0 spiro atoms. The molecular formula is C17H17N5. The topological polar surface area (TPSA) is 62.7 Å². The van der Waals surface area contributed by atoms with Crippen LogP contribution in [-0.4, -0.2) is 21.5 Å². The smallest absolute Gasteiger partial charge is 0.225 e. The van der Waals surface area contributed by atoms with E-state index in [4.69, 9.17) is 0 Å². The fraction of sp³-hybridized carbons (Fsp3) is 0.118. The summed E-state index contributed by atoms with van der Waals surface area (Å²) in [6, 6.07) is 15.8. The molecule has 2 N–H and O–H groups in total. The summed E-state index contributed by atoms with van der Waals surface area (Å²) in [6.07, 6.45) is 3.52. The van der Waals surface area contributed by atoms with Crippen molar-refractivity contribution in [3.8, 4) is 11.3 Å². The fourth-order valence-electron chi connectivity index (χ4n) is 2.09. The van der Waals surface area contributed by atoms with Gasteiger partial charge in [-0.3, -0.25) is 4.98 Å². The van der Waals surface area contributed by atoms with E-state index in [1.165, 1.54) is 0 Å². The van der Waals surface area contributed by atoms with Gasteiger partial charge in [-0.05, 0) is 31.2 Å². The van der Waals surface area contributed by atoms with E-state index in [1.807, 2.05) is 55.5 Å². The highest BCUT2D eigenvalue weighted by Gasteiger charge is 2.06. The summed E-state index contributed by atoms with van der Waals surface area (Å²) in [4.78, 5) is 13.1. The minimum Gasteiger partial charge on any atom is -0.354 e. The Labute approximate surface area is 129 Å². The van der Waals surface area contributed by atoms with Gasteiger partial charge in [-0.25, -0.2) is 4.98 Å². The van der Waals surface area contributed by atoms with E-state index >= 15 is 0 Å². The Balaban J connectivity index is 1.97. The number of hydrogen-bond donors (Lipinski definition) is 2. The van der Waals surface area contributed by atoms with Gasteiger partial charge in [-0.1, -0.05) is 18.2 Å². The van der Waals surface area contributed by atoms with E-state index in [-0.39, 0.29) is 0 Å². The maximum absolute atomic E-state index is 4.55. The number of anilines is 3. The number of nitrogens with one attached hydrogen (secondary N) is 2. The first-order valence-electron chi connectivity index (χ1n) is 7.20. The van der Waals surface area contributed by atoms with Crippen LogP contribution in [0.5, 0.6) is 0 Å². The SMILES string of the molecule is CCNc1nc(Nc2ccccc2)cc(-c2ccncc2)n1. The van der Waals surface area contributed by atoms with Crippen molar-refractivity contribution in [2.45, 2.75) is 6.92 Å². The zero-order valence-electron chi connectivity index (χ0n) is 12.3. The predicted octanol–water partition coefficient (Wildman–Crippen LogP) is 3.71. The summed E-state index contributed by atoms with van der Waals surface area (Å²) < 4.78 is 0. The van der Waals surface area contributed by atoms with Gasteiger partial charge >= 0.3 is 0 Å². The third-order valence-electron chi connectivity index (χ3n) is 3.08. The Morgan fingerprint density at radius 2 is 1.73 bits per heavy atom. The highest BCUT2D eigenvalue weighted by atomic mass is 15.1. The lowest BCUT2D eigenvalue weighted by Crippen LogP contribution is -2.05. The average molecular weight is 291 g/mol. The Bertz CT molecular complexity index is 729. The van der Waals surface area contributed by atoms with Crippen LogP contribution >= 0.6 is 0 Å². The summed E-state index contributed by atoms with van der Waals surface area (Å²) in [7, 11) is 0. The van der Waals surface area contributed by atoms with Crippen molar-refractivity contribution in [3.63, 3.8) is 0 Å². The molecule has 0 radical (unpaired) electrons. The predicted molar refractivity (Wildman–Crippen MR) is 89.2 cm³/mol. The summed E-state index contributed by atoms with van der Waals surface area (Å²) in [5, 5.41) is 6.47. The van der Waals surface area contributed by atoms with Gasteiger partial charge in [0.15, 0.2) is 0 Å². The summed E-state index contributed by atoms with van der Waals surface area (Å²) in [6.45, 7) is 2.79. The highest BCUT2D eigenvalue weighted by molar-refractivity contribution is 5.67. The van der Waals surface area contributed by atoms with Gasteiger partial charge in [0.2, 0.25) is 5.95 Å². The zero-order chi connectivity index (χ0) is 15.2. The van der Waals surface area contributed by atoms with Crippen molar-refractivity contribution >= 4 is 17.5 Å². The molecule has 0 unspecified atom stereocenters. The molecule has 0 saturated carbocycles. The van der Waals surface area contributed by atoms with Crippen LogP contribution in [0.1, 0.15) is 6.92 Å². The first kappa shape index (κ1) is 14.0. The second-order valence-electron chi connectivity index (χ2n) is 4.72. The summed E-state index contributed by atoms with van der Waals surface area (Å²) in [5.41, 5.74) is 2.85. The van der Waals surface area contributed by atoms with Crippen LogP contribution in [-0.2, 0) is 0 Å². The van der Waals surface area contributed by atoms with Crippen LogP contribution in [0.25, 0.3) is 11.3 Å². The third kappa shape index (κ3) is 3.38. The Morgan fingerprint density at radius 1 is 0.955 bits per heavy atom. The molecule has 3 rings (SSSR count). The normalized spacial score (nSPS) is 10.2. The maximum Gasteiger partial charge on any atom is 0.225 e. The number of hydrogen-bond acceptors (Lipinski definition) is 5. The van der Waals surface area contributed by atoms with Gasteiger partial charge in [0, 0.05) is 36.3 Å². The van der Waals surface area contributed by atoms with Crippen molar-refractivity contribution in [2.24, 2.45) is 0 Å². The van der Waals surface area contributed by atoms with E-state index in [1.54, 1.807) is 12.4 Å². The largest absolute Gasteiger partial charge is 0.354 e. The molecule has 0 amide bonds. The molecule has 3 aromatic rings. The van der Waals surface area contributed by atoms with E-state index in [9.17, 15) is 0 Å².